The van der Waals surface area contributed by atoms with Crippen molar-refractivity contribution in [3.05, 3.63) is 35.4 Å². The first-order valence-electron chi connectivity index (χ1n) is 4.65. The summed E-state index contributed by atoms with van der Waals surface area (Å²) in [6.07, 6.45) is 0. The second-order valence-electron chi connectivity index (χ2n) is 2.93. The van der Waals surface area contributed by atoms with E-state index in [0.717, 1.165) is 0 Å². The van der Waals surface area contributed by atoms with Crippen LogP contribution in [-0.2, 0) is 9.16 Å². The van der Waals surface area contributed by atoms with Crippen molar-refractivity contribution in [1.29, 1.82) is 0 Å². The molecule has 0 atom stereocenters. The van der Waals surface area contributed by atoms with E-state index in [4.69, 9.17) is 9.84 Å². The predicted octanol–water partition coefficient (Wildman–Crippen LogP) is -0.727. The third-order valence-electron chi connectivity index (χ3n) is 1.87. The van der Waals surface area contributed by atoms with Gasteiger partial charge in [-0.3, -0.25) is 0 Å². The van der Waals surface area contributed by atoms with Gasteiger partial charge in [0.25, 0.3) is 0 Å². The Morgan fingerprint density at radius 1 is 1.12 bits per heavy atom. The predicted molar refractivity (Wildman–Crippen MR) is 59.2 cm³/mol. The molecule has 86 valence electrons. The van der Waals surface area contributed by atoms with Crippen molar-refractivity contribution in [3.63, 3.8) is 0 Å². The zero-order valence-electron chi connectivity index (χ0n) is 8.80. The Labute approximate surface area is 95.5 Å². The first-order chi connectivity index (χ1) is 7.69. The van der Waals surface area contributed by atoms with E-state index in [0.29, 0.717) is 21.6 Å². The van der Waals surface area contributed by atoms with Crippen molar-refractivity contribution in [2.24, 2.45) is 0 Å². The molecule has 5 nitrogen and oxygen atoms in total. The van der Waals surface area contributed by atoms with Crippen LogP contribution in [0.4, 0.5) is 0 Å². The van der Waals surface area contributed by atoms with Gasteiger partial charge in [-0.2, -0.15) is 0 Å². The van der Waals surface area contributed by atoms with Gasteiger partial charge in [-0.25, -0.2) is 9.59 Å². The summed E-state index contributed by atoms with van der Waals surface area (Å²) in [6, 6.07) is 5.95. The van der Waals surface area contributed by atoms with Crippen LogP contribution in [0.5, 0.6) is 0 Å². The number of aliphatic hydroxyl groups is 1. The molecule has 1 N–H and O–H groups in total. The molecule has 0 amide bonds. The van der Waals surface area contributed by atoms with Gasteiger partial charge in [-0.1, -0.05) is 0 Å². The van der Waals surface area contributed by atoms with Crippen molar-refractivity contribution in [1.82, 2.24) is 0 Å². The molecule has 0 radical (unpaired) electrons. The molecule has 1 aromatic rings. The normalized spacial score (nSPS) is 9.81. The van der Waals surface area contributed by atoms with Gasteiger partial charge in [-0.15, -0.1) is 0 Å². The number of carbonyl (C=O) groups is 2. The first-order valence-corrected chi connectivity index (χ1v) is 5.47. The highest BCUT2D eigenvalue weighted by atomic mass is 28.2. The van der Waals surface area contributed by atoms with Crippen molar-refractivity contribution >= 4 is 22.4 Å². The summed E-state index contributed by atoms with van der Waals surface area (Å²) in [6.45, 7) is -0.250. The van der Waals surface area contributed by atoms with E-state index >= 15 is 0 Å². The molecular weight excluding hydrogens is 228 g/mol. The molecule has 0 aliphatic heterocycles. The lowest BCUT2D eigenvalue weighted by atomic mass is 10.1. The van der Waals surface area contributed by atoms with Crippen LogP contribution < -0.4 is 0 Å². The molecule has 1 aromatic carbocycles. The summed E-state index contributed by atoms with van der Waals surface area (Å²) in [5, 5.41) is 8.48. The van der Waals surface area contributed by atoms with Crippen molar-refractivity contribution in [3.8, 4) is 0 Å². The molecule has 0 aromatic heterocycles. The Morgan fingerprint density at radius 2 is 1.62 bits per heavy atom. The molecule has 0 heterocycles. The van der Waals surface area contributed by atoms with Crippen LogP contribution in [0.3, 0.4) is 0 Å². The summed E-state index contributed by atoms with van der Waals surface area (Å²) >= 11 is 0. The summed E-state index contributed by atoms with van der Waals surface area (Å²) in [5.41, 5.74) is 0.729. The Balaban J connectivity index is 2.71. The van der Waals surface area contributed by atoms with E-state index in [-0.39, 0.29) is 13.2 Å². The van der Waals surface area contributed by atoms with Crippen molar-refractivity contribution in [2.75, 3.05) is 13.2 Å². The molecule has 0 aliphatic rings. The van der Waals surface area contributed by atoms with Crippen LogP contribution in [0.15, 0.2) is 24.3 Å². The van der Waals surface area contributed by atoms with Gasteiger partial charge in [0.2, 0.25) is 10.5 Å². The minimum absolute atomic E-state index is 0.0385. The minimum Gasteiger partial charge on any atom is -0.525 e. The molecule has 0 saturated carbocycles. The number of benzene rings is 1. The molecule has 1 rings (SSSR count). The number of hydrogen-bond acceptors (Lipinski definition) is 5. The van der Waals surface area contributed by atoms with E-state index in [1.165, 1.54) is 24.3 Å². The van der Waals surface area contributed by atoms with E-state index in [1.54, 1.807) is 0 Å². The number of esters is 1. The van der Waals surface area contributed by atoms with E-state index < -0.39 is 11.9 Å². The molecule has 0 spiro atoms. The fraction of sp³-hybridized carbons (Fsp3) is 0.200. The van der Waals surface area contributed by atoms with Gasteiger partial charge in [-0.05, 0) is 24.3 Å². The average Bonchev–Trinajstić information content (AvgIpc) is 2.35. The Bertz CT molecular complexity index is 373. The van der Waals surface area contributed by atoms with Crippen molar-refractivity contribution in [2.45, 2.75) is 0 Å². The van der Waals surface area contributed by atoms with Crippen LogP contribution in [0.1, 0.15) is 20.7 Å². The second kappa shape index (κ2) is 6.04. The lowest BCUT2D eigenvalue weighted by Gasteiger charge is -2.03. The Kier molecular flexibility index (Phi) is 4.68. The van der Waals surface area contributed by atoms with Crippen LogP contribution in [0.25, 0.3) is 0 Å². The van der Waals surface area contributed by atoms with Crippen LogP contribution in [0, 0.1) is 0 Å². The second-order valence-corrected chi connectivity index (χ2v) is 3.34. The number of aliphatic hydroxyl groups excluding tert-OH is 1. The maximum atomic E-state index is 11.3. The quantitative estimate of drug-likeness (QED) is 0.555. The highest BCUT2D eigenvalue weighted by Gasteiger charge is 2.09. The molecule has 6 heteroatoms. The number of rotatable bonds is 4. The van der Waals surface area contributed by atoms with Crippen LogP contribution in [0.2, 0.25) is 0 Å². The lowest BCUT2D eigenvalue weighted by Crippen LogP contribution is -2.09. The van der Waals surface area contributed by atoms with E-state index in [2.05, 4.69) is 4.43 Å². The van der Waals surface area contributed by atoms with Gasteiger partial charge in [0.1, 0.15) is 6.61 Å². The van der Waals surface area contributed by atoms with Crippen LogP contribution >= 0.6 is 0 Å². The lowest BCUT2D eigenvalue weighted by molar-refractivity contribution is 0.0433. The number of hydrogen-bond donors (Lipinski definition) is 1. The third-order valence-corrected chi connectivity index (χ3v) is 2.24. The van der Waals surface area contributed by atoms with Crippen molar-refractivity contribution < 1.29 is 23.9 Å². The van der Waals surface area contributed by atoms with E-state index in [1.807, 2.05) is 0 Å². The summed E-state index contributed by atoms with van der Waals surface area (Å²) in [4.78, 5) is 22.4. The topological polar surface area (TPSA) is 72.8 Å². The molecular formula is C10H12O5Si. The first kappa shape index (κ1) is 12.4. The fourth-order valence-corrected chi connectivity index (χ4v) is 1.32. The standard InChI is InChI=1S/C10H12O5Si/c11-5-6-14-9(12)7-1-3-8(4-2-7)10(13)15-16/h1-4,11H,5-6H2,16H3. The molecule has 0 aliphatic carbocycles. The van der Waals surface area contributed by atoms with Gasteiger partial charge in [0, 0.05) is 0 Å². The monoisotopic (exact) mass is 240 g/mol. The zero-order valence-corrected chi connectivity index (χ0v) is 10.8. The molecule has 0 saturated heterocycles. The maximum Gasteiger partial charge on any atom is 0.338 e. The third kappa shape index (κ3) is 3.18. The molecule has 0 fully saturated rings. The highest BCUT2D eigenvalue weighted by molar-refractivity contribution is 6.09. The van der Waals surface area contributed by atoms with Gasteiger partial charge >= 0.3 is 11.9 Å². The summed E-state index contributed by atoms with van der Waals surface area (Å²) in [7, 11) is 0.335. The maximum absolute atomic E-state index is 11.3. The van der Waals surface area contributed by atoms with Gasteiger partial charge in [0.15, 0.2) is 0 Å². The number of carbonyl (C=O) groups excluding carboxylic acids is 2. The molecule has 0 bridgehead atoms. The zero-order chi connectivity index (χ0) is 12.0. The largest absolute Gasteiger partial charge is 0.525 e. The van der Waals surface area contributed by atoms with Crippen LogP contribution in [-0.4, -0.2) is 40.7 Å². The highest BCUT2D eigenvalue weighted by Crippen LogP contribution is 2.06. The smallest absolute Gasteiger partial charge is 0.338 e. The van der Waals surface area contributed by atoms with Gasteiger partial charge in [0.05, 0.1) is 17.7 Å². The number of ether oxygens (including phenoxy) is 1. The minimum atomic E-state index is -0.528. The summed E-state index contributed by atoms with van der Waals surface area (Å²) in [5.74, 6) is -0.929. The Hall–Kier alpha value is -1.66. The van der Waals surface area contributed by atoms with E-state index in [9.17, 15) is 9.59 Å². The van der Waals surface area contributed by atoms with Gasteiger partial charge < -0.3 is 14.3 Å². The molecule has 0 unspecified atom stereocenters. The fourth-order valence-electron chi connectivity index (χ4n) is 1.08. The average molecular weight is 240 g/mol. The SMILES string of the molecule is O=C(O[SiH3])c1ccc(C(=O)OCCO)cc1. The molecule has 16 heavy (non-hydrogen) atoms. The Morgan fingerprint density at radius 3 is 2.06 bits per heavy atom. The summed E-state index contributed by atoms with van der Waals surface area (Å²) < 4.78 is 9.36.